The smallest absolute Gasteiger partial charge is 0.240 e. The van der Waals surface area contributed by atoms with Gasteiger partial charge in [0.1, 0.15) is 11.1 Å². The molecule has 0 aliphatic rings. The normalized spacial score (nSPS) is 11.6. The minimum absolute atomic E-state index is 0.0295. The maximum Gasteiger partial charge on any atom is 0.417 e. The molecule has 0 saturated carbocycles. The van der Waals surface area contributed by atoms with Gasteiger partial charge < -0.3 is 0 Å². The fourth-order valence-corrected chi connectivity index (χ4v) is 3.81. The summed E-state index contributed by atoms with van der Waals surface area (Å²) in [5.41, 5.74) is -1.12. The maximum atomic E-state index is 13.4. The van der Waals surface area contributed by atoms with Crippen LogP contribution in [-0.4, -0.2) is 16.5 Å². The number of aromatic nitrogens is 1. The highest BCUT2D eigenvalue weighted by Crippen LogP contribution is 2.38. The van der Waals surface area contributed by atoms with Crippen LogP contribution in [0.5, 0.6) is 0 Å². The number of pyridine rings is 1. The molecule has 0 radical (unpaired) electrons. The number of thioether (sulfide) groups is 2. The fraction of sp³-hybridized carbons (Fsp3) is 0.333. The van der Waals surface area contributed by atoms with Crippen molar-refractivity contribution in [2.45, 2.75) is 41.6 Å². The first kappa shape index (κ1) is 21.5. The molecule has 0 saturated heterocycles. The van der Waals surface area contributed by atoms with Crippen LogP contribution in [0.1, 0.15) is 30.9 Å². The first-order chi connectivity index (χ1) is 12.8. The van der Waals surface area contributed by atoms with Crippen molar-refractivity contribution in [3.8, 4) is 17.3 Å². The number of alkyl halides is 5. The number of benzene rings is 1. The minimum Gasteiger partial charge on any atom is -0.240 e. The number of hydrogen-bond donors (Lipinski definition) is 0. The zero-order chi connectivity index (χ0) is 20.0. The third-order valence-electron chi connectivity index (χ3n) is 3.52. The van der Waals surface area contributed by atoms with Crippen molar-refractivity contribution in [2.24, 2.45) is 0 Å². The van der Waals surface area contributed by atoms with Gasteiger partial charge in [-0.25, -0.2) is 4.98 Å². The van der Waals surface area contributed by atoms with Crippen molar-refractivity contribution in [3.05, 3.63) is 41.5 Å². The van der Waals surface area contributed by atoms with Crippen LogP contribution in [0.25, 0.3) is 11.3 Å². The van der Waals surface area contributed by atoms with E-state index in [-0.39, 0.29) is 10.7 Å². The van der Waals surface area contributed by atoms with Crippen LogP contribution in [0.15, 0.2) is 40.3 Å². The van der Waals surface area contributed by atoms with Gasteiger partial charge in [-0.3, -0.25) is 0 Å². The second kappa shape index (κ2) is 9.42. The van der Waals surface area contributed by atoms with Gasteiger partial charge in [0.15, 0.2) is 0 Å². The molecular formula is C18H15F5N2S2. The lowest BCUT2D eigenvalue weighted by Gasteiger charge is -2.14. The summed E-state index contributed by atoms with van der Waals surface area (Å²) in [4.78, 5) is 4.54. The van der Waals surface area contributed by atoms with Crippen molar-refractivity contribution in [1.82, 2.24) is 4.98 Å². The molecule has 0 unspecified atom stereocenters. The lowest BCUT2D eigenvalue weighted by molar-refractivity contribution is -0.138. The van der Waals surface area contributed by atoms with Gasteiger partial charge in [-0.1, -0.05) is 37.2 Å². The summed E-state index contributed by atoms with van der Waals surface area (Å²) in [6.07, 6.45) is -3.05. The van der Waals surface area contributed by atoms with E-state index in [2.05, 4.69) is 4.98 Å². The Bertz CT molecular complexity index is 814. The third-order valence-corrected chi connectivity index (χ3v) is 5.30. The molecular weight excluding hydrogens is 403 g/mol. The minimum atomic E-state index is -4.70. The topological polar surface area (TPSA) is 36.7 Å². The van der Waals surface area contributed by atoms with E-state index in [0.717, 1.165) is 30.7 Å². The van der Waals surface area contributed by atoms with Crippen LogP contribution in [0.2, 0.25) is 0 Å². The molecule has 2 nitrogen and oxygen atoms in total. The predicted octanol–water partition coefficient (Wildman–Crippen LogP) is 6.85. The van der Waals surface area contributed by atoms with Gasteiger partial charge in [0, 0.05) is 10.5 Å². The number of nitriles is 1. The molecule has 0 amide bonds. The quantitative estimate of drug-likeness (QED) is 0.280. The van der Waals surface area contributed by atoms with Crippen molar-refractivity contribution in [1.29, 1.82) is 5.26 Å². The summed E-state index contributed by atoms with van der Waals surface area (Å²) in [5, 5.41) is 9.25. The number of halogens is 5. The summed E-state index contributed by atoms with van der Waals surface area (Å²) < 4.78 is 65.1. The Morgan fingerprint density at radius 3 is 2.37 bits per heavy atom. The number of rotatable bonds is 7. The van der Waals surface area contributed by atoms with E-state index in [1.54, 1.807) is 6.07 Å². The first-order valence-corrected chi connectivity index (χ1v) is 9.83. The average Bonchev–Trinajstić information content (AvgIpc) is 2.60. The summed E-state index contributed by atoms with van der Waals surface area (Å²) in [6, 6.07) is 8.15. The summed E-state index contributed by atoms with van der Waals surface area (Å²) >= 11 is 1.46. The second-order valence-electron chi connectivity index (χ2n) is 5.45. The molecule has 0 spiro atoms. The zero-order valence-electron chi connectivity index (χ0n) is 14.2. The molecule has 0 aliphatic heterocycles. The van der Waals surface area contributed by atoms with Gasteiger partial charge in [0.25, 0.3) is 5.76 Å². The van der Waals surface area contributed by atoms with E-state index < -0.39 is 23.1 Å². The molecule has 0 N–H and O–H groups in total. The van der Waals surface area contributed by atoms with Crippen LogP contribution < -0.4 is 0 Å². The van der Waals surface area contributed by atoms with Crippen LogP contribution in [-0.2, 0) is 6.18 Å². The highest BCUT2D eigenvalue weighted by atomic mass is 32.2. The fourth-order valence-electron chi connectivity index (χ4n) is 2.23. The van der Waals surface area contributed by atoms with Gasteiger partial charge >= 0.3 is 6.18 Å². The van der Waals surface area contributed by atoms with Crippen molar-refractivity contribution in [3.63, 3.8) is 0 Å². The third kappa shape index (κ3) is 5.84. The number of unbranched alkanes of at least 4 members (excludes halogenated alkanes) is 1. The van der Waals surface area contributed by atoms with Crippen LogP contribution in [0.4, 0.5) is 22.0 Å². The first-order valence-electron chi connectivity index (χ1n) is 7.96. The largest absolute Gasteiger partial charge is 0.417 e. The van der Waals surface area contributed by atoms with Crippen LogP contribution >= 0.6 is 23.5 Å². The molecule has 0 bridgehead atoms. The average molecular weight is 418 g/mol. The van der Waals surface area contributed by atoms with Gasteiger partial charge in [-0.2, -0.15) is 27.2 Å². The Morgan fingerprint density at radius 2 is 1.85 bits per heavy atom. The Hall–Kier alpha value is -1.79. The van der Waals surface area contributed by atoms with Gasteiger partial charge in [0.05, 0.1) is 16.8 Å². The predicted molar refractivity (Wildman–Crippen MR) is 96.9 cm³/mol. The number of nitrogens with zero attached hydrogens (tertiary/aromatic N) is 2. The zero-order valence-corrected chi connectivity index (χ0v) is 15.8. The second-order valence-corrected chi connectivity index (χ2v) is 7.60. The number of hydrogen-bond acceptors (Lipinski definition) is 4. The van der Waals surface area contributed by atoms with Gasteiger partial charge in [-0.05, 0) is 30.4 Å². The molecule has 2 rings (SSSR count). The Balaban J connectivity index is 2.49. The van der Waals surface area contributed by atoms with E-state index in [9.17, 15) is 27.2 Å². The van der Waals surface area contributed by atoms with Crippen LogP contribution in [0.3, 0.4) is 0 Å². The molecule has 144 valence electrons. The standard InChI is InChI=1S/C18H15F5N2S2/c1-2-3-8-26-16-13(10-24)14(18(21,22)23)9-15(25-16)11-4-6-12(7-5-11)27-17(19)20/h4-7,9,17H,2-3,8H2,1H3. The van der Waals surface area contributed by atoms with Crippen molar-refractivity contribution < 1.29 is 22.0 Å². The van der Waals surface area contributed by atoms with Gasteiger partial charge in [0.2, 0.25) is 0 Å². The Morgan fingerprint density at radius 1 is 1.19 bits per heavy atom. The lowest BCUT2D eigenvalue weighted by atomic mass is 10.1. The van der Waals surface area contributed by atoms with E-state index in [1.165, 1.54) is 24.3 Å². The molecule has 27 heavy (non-hydrogen) atoms. The highest BCUT2D eigenvalue weighted by Gasteiger charge is 2.36. The molecule has 2 aromatic rings. The van der Waals surface area contributed by atoms with E-state index in [1.807, 2.05) is 6.92 Å². The summed E-state index contributed by atoms with van der Waals surface area (Å²) in [6.45, 7) is 1.95. The molecule has 1 aromatic heterocycles. The van der Waals surface area contributed by atoms with Crippen LogP contribution in [0, 0.1) is 11.3 Å². The molecule has 1 heterocycles. The lowest BCUT2D eigenvalue weighted by Crippen LogP contribution is -2.10. The van der Waals surface area contributed by atoms with E-state index in [4.69, 9.17) is 0 Å². The van der Waals surface area contributed by atoms with E-state index >= 15 is 0 Å². The summed E-state index contributed by atoms with van der Waals surface area (Å²) in [5.74, 6) is -2.04. The molecule has 0 fully saturated rings. The Labute approximate surface area is 162 Å². The SMILES string of the molecule is CCCCSc1nc(-c2ccc(SC(F)F)cc2)cc(C(F)(F)F)c1C#N. The Kier molecular flexibility index (Phi) is 7.50. The molecule has 0 aliphatic carbocycles. The molecule has 0 atom stereocenters. The van der Waals surface area contributed by atoms with Crippen molar-refractivity contribution >= 4 is 23.5 Å². The van der Waals surface area contributed by atoms with Crippen molar-refractivity contribution in [2.75, 3.05) is 5.75 Å². The van der Waals surface area contributed by atoms with E-state index in [0.29, 0.717) is 28.0 Å². The molecule has 1 aromatic carbocycles. The maximum absolute atomic E-state index is 13.4. The molecule has 9 heteroatoms. The monoisotopic (exact) mass is 418 g/mol. The summed E-state index contributed by atoms with van der Waals surface area (Å²) in [7, 11) is 0. The van der Waals surface area contributed by atoms with Gasteiger partial charge in [-0.15, -0.1) is 11.8 Å². The highest BCUT2D eigenvalue weighted by molar-refractivity contribution is 7.99.